The van der Waals surface area contributed by atoms with Gasteiger partial charge in [0.05, 0.1) is 23.9 Å². The summed E-state index contributed by atoms with van der Waals surface area (Å²) in [5, 5.41) is 6.67. The van der Waals surface area contributed by atoms with Gasteiger partial charge in [0.25, 0.3) is 5.91 Å². The molecule has 0 fully saturated rings. The summed E-state index contributed by atoms with van der Waals surface area (Å²) in [4.78, 5) is 44.4. The topological polar surface area (TPSA) is 104 Å². The van der Waals surface area contributed by atoms with Crippen LogP contribution in [0.3, 0.4) is 0 Å². The molecule has 0 saturated heterocycles. The molecule has 1 aliphatic heterocycles. The van der Waals surface area contributed by atoms with E-state index in [-0.39, 0.29) is 36.7 Å². The van der Waals surface area contributed by atoms with Crippen molar-refractivity contribution >= 4 is 40.1 Å². The van der Waals surface area contributed by atoms with E-state index in [1.54, 1.807) is 13.0 Å². The van der Waals surface area contributed by atoms with Crippen molar-refractivity contribution in [2.24, 2.45) is 0 Å². The number of nitrogens with zero attached hydrogens (tertiary/aromatic N) is 1. The van der Waals surface area contributed by atoms with Crippen LogP contribution in [0.15, 0.2) is 79.0 Å². The molecular weight excluding hydrogens is 535 g/mol. The summed E-state index contributed by atoms with van der Waals surface area (Å²) < 4.78 is 18.9. The Balaban J connectivity index is 1.51. The van der Waals surface area contributed by atoms with Crippen LogP contribution in [0.4, 0.5) is 14.9 Å². The molecule has 4 aromatic rings. The average Bonchev–Trinajstić information content (AvgIpc) is 3.29. The van der Waals surface area contributed by atoms with E-state index < -0.39 is 17.2 Å². The zero-order valence-corrected chi connectivity index (χ0v) is 24.0. The Kier molecular flexibility index (Phi) is 7.85. The third-order valence-electron chi connectivity index (χ3n) is 7.35. The van der Waals surface area contributed by atoms with Crippen LogP contribution in [0, 0.1) is 5.82 Å². The SMILES string of the molecule is CCOC(=O)C1=CN(C(=O)c2ccc(F)cc2)CC(C)(C)c2c1[nH]c1ccc(NC(=O)NC(C)c3ccccc3)cc21. The van der Waals surface area contributed by atoms with E-state index in [2.05, 4.69) is 15.6 Å². The van der Waals surface area contributed by atoms with E-state index in [0.29, 0.717) is 16.9 Å². The van der Waals surface area contributed by atoms with Gasteiger partial charge in [-0.25, -0.2) is 14.0 Å². The Bertz CT molecular complexity index is 1680. The van der Waals surface area contributed by atoms with Crippen molar-refractivity contribution < 1.29 is 23.5 Å². The maximum absolute atomic E-state index is 13.5. The lowest BCUT2D eigenvalue weighted by molar-refractivity contribution is -0.136. The number of rotatable bonds is 6. The molecule has 3 amide bonds. The van der Waals surface area contributed by atoms with Gasteiger partial charge >= 0.3 is 12.0 Å². The number of halogens is 1. The normalized spacial score (nSPS) is 14.8. The zero-order chi connectivity index (χ0) is 30.0. The molecule has 0 radical (unpaired) electrons. The number of H-pyrrole nitrogens is 1. The Hall–Kier alpha value is -4.92. The van der Waals surface area contributed by atoms with Crippen LogP contribution in [0.1, 0.15) is 60.9 Å². The van der Waals surface area contributed by atoms with Gasteiger partial charge in [0.1, 0.15) is 5.82 Å². The van der Waals surface area contributed by atoms with Crippen molar-refractivity contribution in [1.29, 1.82) is 0 Å². The van der Waals surface area contributed by atoms with Gasteiger partial charge in [-0.15, -0.1) is 0 Å². The van der Waals surface area contributed by atoms with Gasteiger partial charge in [-0.3, -0.25) is 4.79 Å². The first-order valence-electron chi connectivity index (χ1n) is 13.8. The maximum atomic E-state index is 13.5. The quantitative estimate of drug-likeness (QED) is 0.230. The molecule has 1 aromatic heterocycles. The molecule has 2 heterocycles. The number of hydrogen-bond donors (Lipinski definition) is 3. The largest absolute Gasteiger partial charge is 0.462 e. The summed E-state index contributed by atoms with van der Waals surface area (Å²) in [6, 6.07) is 19.9. The summed E-state index contributed by atoms with van der Waals surface area (Å²) >= 11 is 0. The molecule has 9 heteroatoms. The van der Waals surface area contributed by atoms with Gasteiger partial charge in [0, 0.05) is 40.3 Å². The van der Waals surface area contributed by atoms with Crippen LogP contribution in [0.25, 0.3) is 16.5 Å². The predicted octanol–water partition coefficient (Wildman–Crippen LogP) is 6.53. The second-order valence-electron chi connectivity index (χ2n) is 11.0. The highest BCUT2D eigenvalue weighted by molar-refractivity contribution is 6.18. The van der Waals surface area contributed by atoms with E-state index in [1.807, 2.05) is 63.2 Å². The molecule has 5 rings (SSSR count). The van der Waals surface area contributed by atoms with Gasteiger partial charge in [-0.05, 0) is 67.4 Å². The molecule has 0 aliphatic carbocycles. The molecule has 3 N–H and O–H groups in total. The molecule has 1 aliphatic rings. The first-order chi connectivity index (χ1) is 20.1. The Morgan fingerprint density at radius 2 is 1.76 bits per heavy atom. The summed E-state index contributed by atoms with van der Waals surface area (Å²) in [5.74, 6) is -1.39. The molecule has 3 aromatic carbocycles. The van der Waals surface area contributed by atoms with Crippen molar-refractivity contribution in [1.82, 2.24) is 15.2 Å². The number of aromatic nitrogens is 1. The fraction of sp³-hybridized carbons (Fsp3) is 0.242. The molecular formula is C33H33FN4O4. The minimum absolute atomic E-state index is 0.158. The van der Waals surface area contributed by atoms with Crippen LogP contribution < -0.4 is 10.6 Å². The number of esters is 1. The van der Waals surface area contributed by atoms with Crippen LogP contribution >= 0.6 is 0 Å². The highest BCUT2D eigenvalue weighted by atomic mass is 19.1. The minimum Gasteiger partial charge on any atom is -0.462 e. The number of nitrogens with one attached hydrogen (secondary N) is 3. The van der Waals surface area contributed by atoms with E-state index in [1.165, 1.54) is 35.4 Å². The molecule has 1 atom stereocenters. The van der Waals surface area contributed by atoms with Crippen LogP contribution in [-0.4, -0.2) is 40.9 Å². The molecule has 216 valence electrons. The number of aromatic amines is 1. The standard InChI is InChI=1S/C33H33FN4O4/c1-5-42-31(40)26-18-38(30(39)22-11-13-23(34)14-12-22)19-33(3,4)28-25-17-24(15-16-27(25)37-29(26)28)36-32(41)35-20(2)21-9-7-6-8-10-21/h6-18,20,37H,5,19H2,1-4H3,(H2,35,36,41). The van der Waals surface area contributed by atoms with Crippen molar-refractivity contribution in [2.45, 2.75) is 39.2 Å². The number of carbonyl (C=O) groups is 3. The first-order valence-corrected chi connectivity index (χ1v) is 13.8. The maximum Gasteiger partial charge on any atom is 0.341 e. The second-order valence-corrected chi connectivity index (χ2v) is 11.0. The Morgan fingerprint density at radius 3 is 2.45 bits per heavy atom. The fourth-order valence-corrected chi connectivity index (χ4v) is 5.39. The summed E-state index contributed by atoms with van der Waals surface area (Å²) in [7, 11) is 0. The van der Waals surface area contributed by atoms with Gasteiger partial charge in [-0.2, -0.15) is 0 Å². The van der Waals surface area contributed by atoms with E-state index in [0.717, 1.165) is 22.0 Å². The second kappa shape index (κ2) is 11.5. The molecule has 8 nitrogen and oxygen atoms in total. The van der Waals surface area contributed by atoms with Gasteiger partial charge < -0.3 is 25.3 Å². The lowest BCUT2D eigenvalue weighted by Gasteiger charge is -2.29. The third-order valence-corrected chi connectivity index (χ3v) is 7.35. The smallest absolute Gasteiger partial charge is 0.341 e. The lowest BCUT2D eigenvalue weighted by atomic mass is 9.81. The number of urea groups is 1. The lowest BCUT2D eigenvalue weighted by Crippen LogP contribution is -2.37. The average molecular weight is 569 g/mol. The highest BCUT2D eigenvalue weighted by Gasteiger charge is 2.37. The number of hydrogen-bond acceptors (Lipinski definition) is 4. The summed E-state index contributed by atoms with van der Waals surface area (Å²) in [6.45, 7) is 7.99. The number of benzene rings is 3. The van der Waals surface area contributed by atoms with Crippen molar-refractivity contribution in [2.75, 3.05) is 18.5 Å². The molecule has 0 bridgehead atoms. The molecule has 42 heavy (non-hydrogen) atoms. The molecule has 0 spiro atoms. The summed E-state index contributed by atoms with van der Waals surface area (Å²) in [6.07, 6.45) is 1.50. The van der Waals surface area contributed by atoms with Crippen molar-refractivity contribution in [3.8, 4) is 0 Å². The zero-order valence-electron chi connectivity index (χ0n) is 24.0. The third kappa shape index (κ3) is 5.76. The monoisotopic (exact) mass is 568 g/mol. The van der Waals surface area contributed by atoms with Crippen molar-refractivity contribution in [3.05, 3.63) is 107 Å². The number of anilines is 1. The van der Waals surface area contributed by atoms with Crippen molar-refractivity contribution in [3.63, 3.8) is 0 Å². The van der Waals surface area contributed by atoms with Crippen LogP contribution in [0.5, 0.6) is 0 Å². The predicted molar refractivity (Wildman–Crippen MR) is 160 cm³/mol. The van der Waals surface area contributed by atoms with E-state index >= 15 is 0 Å². The number of ether oxygens (including phenoxy) is 1. The van der Waals surface area contributed by atoms with Crippen LogP contribution in [-0.2, 0) is 14.9 Å². The Labute approximate surface area is 243 Å². The minimum atomic E-state index is -0.642. The van der Waals surface area contributed by atoms with Gasteiger partial charge in [-0.1, -0.05) is 44.2 Å². The molecule has 1 unspecified atom stereocenters. The number of amides is 3. The van der Waals surface area contributed by atoms with E-state index in [9.17, 15) is 18.8 Å². The Morgan fingerprint density at radius 1 is 1.05 bits per heavy atom. The first kappa shape index (κ1) is 28.6. The highest BCUT2D eigenvalue weighted by Crippen LogP contribution is 2.41. The van der Waals surface area contributed by atoms with Crippen LogP contribution in [0.2, 0.25) is 0 Å². The summed E-state index contributed by atoms with van der Waals surface area (Å²) in [5.41, 5.74) is 3.54. The fourth-order valence-electron chi connectivity index (χ4n) is 5.39. The molecule has 0 saturated carbocycles. The number of fused-ring (bicyclic) bond motifs is 3. The van der Waals surface area contributed by atoms with E-state index in [4.69, 9.17) is 4.74 Å². The van der Waals surface area contributed by atoms with Gasteiger partial charge in [0.2, 0.25) is 0 Å². The van der Waals surface area contributed by atoms with Gasteiger partial charge in [0.15, 0.2) is 0 Å². The number of carbonyl (C=O) groups excluding carboxylic acids is 3.